The van der Waals surface area contributed by atoms with Gasteiger partial charge < -0.3 is 10.4 Å². The van der Waals surface area contributed by atoms with Gasteiger partial charge in [-0.25, -0.2) is 0 Å². The second kappa shape index (κ2) is 9.77. The molecule has 2 atom stereocenters. The zero-order chi connectivity index (χ0) is 15.6. The number of nitrogens with one attached hydrogen (secondary N) is 1. The highest BCUT2D eigenvalue weighted by Gasteiger charge is 2.15. The average Bonchev–Trinajstić information content (AvgIpc) is 2.38. The third-order valence-electron chi connectivity index (χ3n) is 3.72. The van der Waals surface area contributed by atoms with Crippen LogP contribution in [-0.2, 0) is 4.79 Å². The number of unbranched alkanes of at least 4 members (excludes halogenated alkanes) is 1. The lowest BCUT2D eigenvalue weighted by Gasteiger charge is -2.16. The zero-order valence-corrected chi connectivity index (χ0v) is 13.4. The van der Waals surface area contributed by atoms with Crippen LogP contribution in [0.5, 0.6) is 0 Å². The molecule has 0 aliphatic carbocycles. The fraction of sp³-hybridized carbons (Fsp3) is 0.875. The van der Waals surface area contributed by atoms with Gasteiger partial charge >= 0.3 is 5.97 Å². The van der Waals surface area contributed by atoms with Crippen LogP contribution in [0.15, 0.2) is 0 Å². The number of carboxylic acids is 1. The minimum atomic E-state index is -0.703. The minimum absolute atomic E-state index is 0.210. The zero-order valence-electron chi connectivity index (χ0n) is 13.4. The van der Waals surface area contributed by atoms with Gasteiger partial charge in [0.2, 0.25) is 0 Å². The van der Waals surface area contributed by atoms with Crippen LogP contribution in [0.25, 0.3) is 0 Å². The number of hydrogen-bond acceptors (Lipinski definition) is 3. The Balaban J connectivity index is 3.53. The van der Waals surface area contributed by atoms with Crippen LogP contribution < -0.4 is 5.32 Å². The second-order valence-electron chi connectivity index (χ2n) is 6.48. The SMILES string of the molecule is CC(CCCC(C)C(=O)O)NCCCCC(C)(C)C#N. The van der Waals surface area contributed by atoms with Gasteiger partial charge in [0, 0.05) is 6.04 Å². The molecular formula is C16H30N2O2. The number of carbonyl (C=O) groups is 1. The Morgan fingerprint density at radius 3 is 2.45 bits per heavy atom. The highest BCUT2D eigenvalue weighted by Crippen LogP contribution is 2.21. The molecule has 0 aliphatic rings. The maximum Gasteiger partial charge on any atom is 0.306 e. The van der Waals surface area contributed by atoms with Crippen LogP contribution in [0.3, 0.4) is 0 Å². The maximum absolute atomic E-state index is 10.7. The van der Waals surface area contributed by atoms with Crippen molar-refractivity contribution in [2.75, 3.05) is 6.54 Å². The number of aliphatic carboxylic acids is 1. The van der Waals surface area contributed by atoms with Crippen LogP contribution in [0, 0.1) is 22.7 Å². The first-order valence-electron chi connectivity index (χ1n) is 7.66. The molecular weight excluding hydrogens is 252 g/mol. The van der Waals surface area contributed by atoms with Crippen LogP contribution in [-0.4, -0.2) is 23.7 Å². The molecule has 2 N–H and O–H groups in total. The molecule has 0 saturated heterocycles. The van der Waals surface area contributed by atoms with Gasteiger partial charge in [-0.15, -0.1) is 0 Å². The summed E-state index contributed by atoms with van der Waals surface area (Å²) in [5.41, 5.74) is -0.210. The summed E-state index contributed by atoms with van der Waals surface area (Å²) < 4.78 is 0. The van der Waals surface area contributed by atoms with Crippen molar-refractivity contribution in [3.05, 3.63) is 0 Å². The van der Waals surface area contributed by atoms with Crippen LogP contribution in [0.4, 0.5) is 0 Å². The molecule has 4 nitrogen and oxygen atoms in total. The number of rotatable bonds is 11. The van der Waals surface area contributed by atoms with Gasteiger partial charge in [-0.05, 0) is 53.0 Å². The molecule has 0 aromatic carbocycles. The molecule has 4 heteroatoms. The fourth-order valence-corrected chi connectivity index (χ4v) is 2.05. The highest BCUT2D eigenvalue weighted by molar-refractivity contribution is 5.69. The number of carboxylic acid groups (broad SMARTS) is 1. The molecule has 20 heavy (non-hydrogen) atoms. The van der Waals surface area contributed by atoms with Gasteiger partial charge in [0.05, 0.1) is 17.4 Å². The van der Waals surface area contributed by atoms with Crippen molar-refractivity contribution in [1.29, 1.82) is 5.26 Å². The normalized spacial score (nSPS) is 14.6. The molecule has 0 aromatic rings. The topological polar surface area (TPSA) is 73.1 Å². The molecule has 0 spiro atoms. The lowest BCUT2D eigenvalue weighted by molar-refractivity contribution is -0.141. The quantitative estimate of drug-likeness (QED) is 0.568. The average molecular weight is 282 g/mol. The van der Waals surface area contributed by atoms with E-state index in [1.165, 1.54) is 0 Å². The van der Waals surface area contributed by atoms with Gasteiger partial charge in [-0.1, -0.05) is 19.8 Å². The summed E-state index contributed by atoms with van der Waals surface area (Å²) in [7, 11) is 0. The number of nitriles is 1. The van der Waals surface area contributed by atoms with Crippen LogP contribution >= 0.6 is 0 Å². The summed E-state index contributed by atoms with van der Waals surface area (Å²) in [5, 5.41) is 21.2. The molecule has 0 heterocycles. The van der Waals surface area contributed by atoms with E-state index < -0.39 is 5.97 Å². The van der Waals surface area contributed by atoms with E-state index in [9.17, 15) is 4.79 Å². The van der Waals surface area contributed by atoms with Gasteiger partial charge in [-0.2, -0.15) is 5.26 Å². The van der Waals surface area contributed by atoms with Gasteiger partial charge in [0.25, 0.3) is 0 Å². The van der Waals surface area contributed by atoms with Crippen molar-refractivity contribution in [3.63, 3.8) is 0 Å². The molecule has 0 amide bonds. The Morgan fingerprint density at radius 2 is 1.90 bits per heavy atom. The molecule has 116 valence electrons. The first-order valence-corrected chi connectivity index (χ1v) is 7.66. The van der Waals surface area contributed by atoms with E-state index in [4.69, 9.17) is 10.4 Å². The third-order valence-corrected chi connectivity index (χ3v) is 3.72. The Morgan fingerprint density at radius 1 is 1.25 bits per heavy atom. The largest absolute Gasteiger partial charge is 0.481 e. The van der Waals surface area contributed by atoms with Gasteiger partial charge in [-0.3, -0.25) is 4.79 Å². The predicted octanol–water partition coefficient (Wildman–Crippen LogP) is 3.58. The molecule has 2 unspecified atom stereocenters. The summed E-state index contributed by atoms with van der Waals surface area (Å²) in [6, 6.07) is 2.75. The van der Waals surface area contributed by atoms with Crippen LogP contribution in [0.1, 0.15) is 66.2 Å². The summed E-state index contributed by atoms with van der Waals surface area (Å²) >= 11 is 0. The van der Waals surface area contributed by atoms with Crippen molar-refractivity contribution in [1.82, 2.24) is 5.32 Å². The third kappa shape index (κ3) is 9.80. The summed E-state index contributed by atoms with van der Waals surface area (Å²) in [5.74, 6) is -0.943. The van der Waals surface area contributed by atoms with E-state index in [1.54, 1.807) is 6.92 Å². The van der Waals surface area contributed by atoms with E-state index in [0.717, 1.165) is 45.1 Å². The van der Waals surface area contributed by atoms with Crippen LogP contribution in [0.2, 0.25) is 0 Å². The molecule has 0 rings (SSSR count). The summed E-state index contributed by atoms with van der Waals surface area (Å²) in [4.78, 5) is 10.7. The Labute approximate surface area is 123 Å². The molecule has 0 fully saturated rings. The molecule has 0 bridgehead atoms. The standard InChI is InChI=1S/C16H30N2O2/c1-13(15(19)20)8-7-9-14(2)18-11-6-5-10-16(3,4)12-17/h13-14,18H,5-11H2,1-4H3,(H,19,20). The monoisotopic (exact) mass is 282 g/mol. The van der Waals surface area contributed by atoms with Crippen molar-refractivity contribution in [2.24, 2.45) is 11.3 Å². The summed E-state index contributed by atoms with van der Waals surface area (Å²) in [6.45, 7) is 8.83. The number of hydrogen-bond donors (Lipinski definition) is 2. The smallest absolute Gasteiger partial charge is 0.306 e. The van der Waals surface area contributed by atoms with E-state index in [-0.39, 0.29) is 11.3 Å². The Kier molecular flexibility index (Phi) is 9.24. The van der Waals surface area contributed by atoms with Crippen molar-refractivity contribution < 1.29 is 9.90 Å². The lowest BCUT2D eigenvalue weighted by atomic mass is 9.89. The van der Waals surface area contributed by atoms with Crippen molar-refractivity contribution in [2.45, 2.75) is 72.3 Å². The maximum atomic E-state index is 10.7. The second-order valence-corrected chi connectivity index (χ2v) is 6.48. The van der Waals surface area contributed by atoms with E-state index in [0.29, 0.717) is 6.04 Å². The number of nitrogens with zero attached hydrogens (tertiary/aromatic N) is 1. The van der Waals surface area contributed by atoms with Gasteiger partial charge in [0.15, 0.2) is 0 Å². The van der Waals surface area contributed by atoms with E-state index in [2.05, 4.69) is 18.3 Å². The highest BCUT2D eigenvalue weighted by atomic mass is 16.4. The van der Waals surface area contributed by atoms with Crippen molar-refractivity contribution in [3.8, 4) is 6.07 Å². The summed E-state index contributed by atoms with van der Waals surface area (Å²) in [6.07, 6.45) is 5.80. The first-order chi connectivity index (χ1) is 9.28. The molecule has 0 aromatic heterocycles. The van der Waals surface area contributed by atoms with E-state index >= 15 is 0 Å². The Hall–Kier alpha value is -1.08. The fourth-order valence-electron chi connectivity index (χ4n) is 2.05. The first kappa shape index (κ1) is 18.9. The van der Waals surface area contributed by atoms with Gasteiger partial charge in [0.1, 0.15) is 0 Å². The predicted molar refractivity (Wildman–Crippen MR) is 81.4 cm³/mol. The minimum Gasteiger partial charge on any atom is -0.481 e. The Bertz CT molecular complexity index is 321. The molecule has 0 aliphatic heterocycles. The molecule has 0 saturated carbocycles. The molecule has 0 radical (unpaired) electrons. The lowest BCUT2D eigenvalue weighted by Crippen LogP contribution is -2.27. The van der Waals surface area contributed by atoms with Crippen molar-refractivity contribution >= 4 is 5.97 Å². The van der Waals surface area contributed by atoms with E-state index in [1.807, 2.05) is 13.8 Å².